The molecule has 1 atom stereocenters. The second kappa shape index (κ2) is 3.63. The van der Waals surface area contributed by atoms with Gasteiger partial charge in [-0.2, -0.15) is 0 Å². The summed E-state index contributed by atoms with van der Waals surface area (Å²) in [4.78, 5) is 0. The van der Waals surface area contributed by atoms with Crippen molar-refractivity contribution in [3.63, 3.8) is 0 Å². The first kappa shape index (κ1) is 9.91. The van der Waals surface area contributed by atoms with Gasteiger partial charge in [-0.25, -0.2) is 0 Å². The van der Waals surface area contributed by atoms with Crippen LogP contribution in [0.5, 0.6) is 0 Å². The van der Waals surface area contributed by atoms with E-state index in [1.807, 2.05) is 0 Å². The lowest BCUT2D eigenvalue weighted by atomic mass is 9.93. The van der Waals surface area contributed by atoms with Gasteiger partial charge in [-0.3, -0.25) is 0 Å². The zero-order valence-electron chi connectivity index (χ0n) is 9.74. The van der Waals surface area contributed by atoms with Crippen LogP contribution in [0.25, 0.3) is 12.2 Å². The normalized spacial score (nSPS) is 22.0. The number of nitrogens with zero attached hydrogens (tertiary/aromatic N) is 1. The van der Waals surface area contributed by atoms with Crippen LogP contribution in [0.4, 0.5) is 0 Å². The number of allylic oxidation sites excluding steroid dienone is 1. The Morgan fingerprint density at radius 1 is 1.44 bits per heavy atom. The lowest BCUT2D eigenvalue weighted by molar-refractivity contribution is 0.694. The minimum atomic E-state index is 0.194. The number of nitrogens with two attached hydrogens (primary N) is 1. The summed E-state index contributed by atoms with van der Waals surface area (Å²) in [6.07, 6.45) is 12.2. The first-order valence-corrected chi connectivity index (χ1v) is 6.15. The first-order valence-electron chi connectivity index (χ1n) is 6.15. The van der Waals surface area contributed by atoms with E-state index in [2.05, 4.69) is 35.8 Å². The van der Waals surface area contributed by atoms with Gasteiger partial charge >= 0.3 is 0 Å². The third kappa shape index (κ3) is 1.30. The highest BCUT2D eigenvalue weighted by Gasteiger charge is 2.23. The van der Waals surface area contributed by atoms with E-state index in [1.54, 1.807) is 0 Å². The zero-order valence-corrected chi connectivity index (χ0v) is 9.74. The van der Waals surface area contributed by atoms with Crippen LogP contribution in [0.2, 0.25) is 0 Å². The maximum Gasteiger partial charge on any atom is 0.0445 e. The lowest BCUT2D eigenvalue weighted by Crippen LogP contribution is -2.23. The predicted octanol–water partition coefficient (Wildman–Crippen LogP) is 2.36. The Balaban J connectivity index is 2.23. The molecule has 2 aliphatic rings. The quantitative estimate of drug-likeness (QED) is 0.764. The van der Waals surface area contributed by atoms with Crippen LogP contribution >= 0.6 is 0 Å². The van der Waals surface area contributed by atoms with Crippen LogP contribution in [-0.2, 0) is 19.4 Å². The number of hydrogen-bond acceptors (Lipinski definition) is 1. The van der Waals surface area contributed by atoms with Gasteiger partial charge in [0.2, 0.25) is 0 Å². The second-order valence-electron chi connectivity index (χ2n) is 4.64. The van der Waals surface area contributed by atoms with Crippen molar-refractivity contribution in [2.24, 2.45) is 5.73 Å². The largest absolute Gasteiger partial charge is 0.345 e. The average molecular weight is 214 g/mol. The maximum absolute atomic E-state index is 6.01. The topological polar surface area (TPSA) is 30.9 Å². The fraction of sp³-hybridized carbons (Fsp3) is 0.429. The Kier molecular flexibility index (Phi) is 2.25. The molecule has 2 aliphatic carbocycles. The van der Waals surface area contributed by atoms with E-state index < -0.39 is 0 Å². The van der Waals surface area contributed by atoms with Gasteiger partial charge in [0.15, 0.2) is 0 Å². The van der Waals surface area contributed by atoms with E-state index >= 15 is 0 Å². The van der Waals surface area contributed by atoms with Gasteiger partial charge in [-0.15, -0.1) is 0 Å². The van der Waals surface area contributed by atoms with Crippen molar-refractivity contribution in [3.05, 3.63) is 34.7 Å². The Bertz CT molecular complexity index is 477. The van der Waals surface area contributed by atoms with Gasteiger partial charge in [0, 0.05) is 24.0 Å². The van der Waals surface area contributed by atoms with Crippen LogP contribution in [0.15, 0.2) is 12.2 Å². The van der Waals surface area contributed by atoms with Gasteiger partial charge in [0.25, 0.3) is 0 Å². The Morgan fingerprint density at radius 2 is 2.31 bits per heavy atom. The summed E-state index contributed by atoms with van der Waals surface area (Å²) >= 11 is 0. The van der Waals surface area contributed by atoms with Crippen molar-refractivity contribution in [3.8, 4) is 0 Å². The molecule has 3 rings (SSSR count). The molecule has 1 aromatic rings. The SMILES string of the molecule is CCn1c2c(c3c1CCC=C3)CC(N)C=C2. The van der Waals surface area contributed by atoms with Gasteiger partial charge in [-0.1, -0.05) is 18.2 Å². The molecule has 2 heteroatoms. The van der Waals surface area contributed by atoms with Crippen LogP contribution in [-0.4, -0.2) is 10.6 Å². The molecule has 1 heterocycles. The highest BCUT2D eigenvalue weighted by Crippen LogP contribution is 2.32. The molecule has 0 saturated heterocycles. The summed E-state index contributed by atoms with van der Waals surface area (Å²) in [5.41, 5.74) is 11.8. The van der Waals surface area contributed by atoms with Crippen molar-refractivity contribution >= 4 is 12.2 Å². The maximum atomic E-state index is 6.01. The van der Waals surface area contributed by atoms with Crippen molar-refractivity contribution in [2.45, 2.75) is 38.8 Å². The molecule has 2 nitrogen and oxygen atoms in total. The fourth-order valence-electron chi connectivity index (χ4n) is 2.94. The van der Waals surface area contributed by atoms with Crippen LogP contribution in [0.3, 0.4) is 0 Å². The van der Waals surface area contributed by atoms with Crippen LogP contribution in [0.1, 0.15) is 35.9 Å². The van der Waals surface area contributed by atoms with Crippen LogP contribution < -0.4 is 5.73 Å². The van der Waals surface area contributed by atoms with E-state index in [-0.39, 0.29) is 6.04 Å². The summed E-state index contributed by atoms with van der Waals surface area (Å²) in [5.74, 6) is 0. The third-order valence-electron chi connectivity index (χ3n) is 3.65. The van der Waals surface area contributed by atoms with Crippen LogP contribution in [0, 0.1) is 0 Å². The Hall–Kier alpha value is -1.28. The standard InChI is InChI=1S/C14H18N2/c1-2-16-13-6-4-3-5-11(13)12-9-10(15)7-8-14(12)16/h3,5,7-8,10H,2,4,6,9,15H2,1H3. The lowest BCUT2D eigenvalue weighted by Gasteiger charge is -2.14. The summed E-state index contributed by atoms with van der Waals surface area (Å²) < 4.78 is 2.45. The number of aromatic nitrogens is 1. The fourth-order valence-corrected chi connectivity index (χ4v) is 2.94. The average Bonchev–Trinajstić information content (AvgIpc) is 2.62. The summed E-state index contributed by atoms with van der Waals surface area (Å²) in [6.45, 7) is 3.28. The molecule has 0 fully saturated rings. The number of fused-ring (bicyclic) bond motifs is 3. The number of hydrogen-bond donors (Lipinski definition) is 1. The predicted molar refractivity (Wildman–Crippen MR) is 68.2 cm³/mol. The monoisotopic (exact) mass is 214 g/mol. The highest BCUT2D eigenvalue weighted by molar-refractivity contribution is 5.69. The molecule has 0 saturated carbocycles. The van der Waals surface area contributed by atoms with E-state index in [4.69, 9.17) is 5.73 Å². The van der Waals surface area contributed by atoms with E-state index in [0.717, 1.165) is 13.0 Å². The minimum Gasteiger partial charge on any atom is -0.345 e. The van der Waals surface area contributed by atoms with Crippen molar-refractivity contribution in [2.75, 3.05) is 0 Å². The molecule has 16 heavy (non-hydrogen) atoms. The van der Waals surface area contributed by atoms with Gasteiger partial charge in [0.05, 0.1) is 0 Å². The molecule has 0 aliphatic heterocycles. The van der Waals surface area contributed by atoms with E-state index in [0.29, 0.717) is 0 Å². The number of rotatable bonds is 1. The zero-order chi connectivity index (χ0) is 11.1. The van der Waals surface area contributed by atoms with Crippen molar-refractivity contribution < 1.29 is 0 Å². The summed E-state index contributed by atoms with van der Waals surface area (Å²) in [6, 6.07) is 0.194. The molecule has 84 valence electrons. The molecule has 0 amide bonds. The Morgan fingerprint density at radius 3 is 3.12 bits per heavy atom. The highest BCUT2D eigenvalue weighted by atomic mass is 15.0. The summed E-state index contributed by atoms with van der Waals surface area (Å²) in [7, 11) is 0. The second-order valence-corrected chi connectivity index (χ2v) is 4.64. The van der Waals surface area contributed by atoms with E-state index in [1.165, 1.54) is 35.4 Å². The van der Waals surface area contributed by atoms with Gasteiger partial charge < -0.3 is 10.3 Å². The molecule has 0 aromatic carbocycles. The van der Waals surface area contributed by atoms with Gasteiger partial charge in [-0.05, 0) is 43.4 Å². The third-order valence-corrected chi connectivity index (χ3v) is 3.65. The van der Waals surface area contributed by atoms with E-state index in [9.17, 15) is 0 Å². The molecule has 0 bridgehead atoms. The molecular weight excluding hydrogens is 196 g/mol. The molecule has 1 aromatic heterocycles. The molecule has 2 N–H and O–H groups in total. The van der Waals surface area contributed by atoms with Crippen molar-refractivity contribution in [1.29, 1.82) is 0 Å². The first-order chi connectivity index (χ1) is 7.81. The molecule has 1 unspecified atom stereocenters. The molecule has 0 spiro atoms. The minimum absolute atomic E-state index is 0.194. The smallest absolute Gasteiger partial charge is 0.0445 e. The van der Waals surface area contributed by atoms with Gasteiger partial charge in [0.1, 0.15) is 0 Å². The summed E-state index contributed by atoms with van der Waals surface area (Å²) in [5, 5.41) is 0. The Labute approximate surface area is 96.4 Å². The molecular formula is C14H18N2. The van der Waals surface area contributed by atoms with Crippen molar-refractivity contribution in [1.82, 2.24) is 4.57 Å². The molecule has 0 radical (unpaired) electrons.